The maximum atomic E-state index is 10.9. The molecular weight excluding hydrogens is 190 g/mol. The van der Waals surface area contributed by atoms with Crippen LogP contribution >= 0.6 is 11.3 Å². The van der Waals surface area contributed by atoms with Crippen LogP contribution in [0.4, 0.5) is 5.13 Å². The number of nitrogens with two attached hydrogens (primary N) is 1. The number of carbonyl (C=O) groups excluding carboxylic acids is 1. The molecule has 0 saturated carbocycles. The molecule has 0 aromatic carbocycles. The van der Waals surface area contributed by atoms with Crippen LogP contribution < -0.4 is 5.73 Å². The van der Waals surface area contributed by atoms with Gasteiger partial charge in [0.25, 0.3) is 0 Å². The van der Waals surface area contributed by atoms with Crippen molar-refractivity contribution in [3.8, 4) is 0 Å². The Hall–Kier alpha value is -1.17. The van der Waals surface area contributed by atoms with Crippen LogP contribution in [0.1, 0.15) is 30.6 Å². The average Bonchev–Trinajstić information content (AvgIpc) is 2.56. The van der Waals surface area contributed by atoms with Gasteiger partial charge in [0.15, 0.2) is 0 Å². The molecule has 0 aliphatic heterocycles. The molecule has 0 saturated heterocycles. The minimum absolute atomic E-state index is 0.198. The second-order valence-corrected chi connectivity index (χ2v) is 2.68. The maximum absolute atomic E-state index is 10.9. The van der Waals surface area contributed by atoms with E-state index in [-0.39, 0.29) is 10.1 Å². The predicted octanol–water partition coefficient (Wildman–Crippen LogP) is 1.32. The summed E-state index contributed by atoms with van der Waals surface area (Å²) >= 11 is 1.02. The summed E-state index contributed by atoms with van der Waals surface area (Å²) in [4.78, 5) is 10.9. The van der Waals surface area contributed by atoms with Crippen LogP contribution in [0, 0.1) is 0 Å². The zero-order chi connectivity index (χ0) is 10.3. The van der Waals surface area contributed by atoms with Crippen molar-refractivity contribution >= 4 is 22.4 Å². The molecule has 0 aliphatic carbocycles. The summed E-state index contributed by atoms with van der Waals surface area (Å²) in [6.07, 6.45) is 0. The monoisotopic (exact) mass is 203 g/mol. The van der Waals surface area contributed by atoms with Crippen molar-refractivity contribution < 1.29 is 9.53 Å². The van der Waals surface area contributed by atoms with Crippen molar-refractivity contribution in [3.63, 3.8) is 0 Å². The number of rotatable bonds is 2. The van der Waals surface area contributed by atoms with Gasteiger partial charge in [0, 0.05) is 0 Å². The van der Waals surface area contributed by atoms with Gasteiger partial charge < -0.3 is 10.5 Å². The summed E-state index contributed by atoms with van der Waals surface area (Å²) in [5, 5.41) is 7.44. The first-order chi connectivity index (χ1) is 6.24. The van der Waals surface area contributed by atoms with E-state index in [4.69, 9.17) is 5.73 Å². The summed E-state index contributed by atoms with van der Waals surface area (Å²) < 4.78 is 4.65. The summed E-state index contributed by atoms with van der Waals surface area (Å²) in [7, 11) is 0. The normalized spacial score (nSPS) is 8.54. The SMILES string of the molecule is CC.CCOC(=O)c1nnc(N)s1. The molecular formula is C7H13N3O2S. The Kier molecular flexibility index (Phi) is 5.79. The second-order valence-electron chi connectivity index (χ2n) is 1.67. The average molecular weight is 203 g/mol. The van der Waals surface area contributed by atoms with Crippen LogP contribution in [-0.2, 0) is 4.74 Å². The smallest absolute Gasteiger partial charge is 0.369 e. The molecule has 74 valence electrons. The number of esters is 1. The van der Waals surface area contributed by atoms with Crippen LogP contribution in [0.15, 0.2) is 0 Å². The number of aromatic nitrogens is 2. The molecule has 0 fully saturated rings. The lowest BCUT2D eigenvalue weighted by molar-refractivity contribution is 0.0525. The largest absolute Gasteiger partial charge is 0.461 e. The quantitative estimate of drug-likeness (QED) is 0.733. The fourth-order valence-electron chi connectivity index (χ4n) is 0.510. The first kappa shape index (κ1) is 11.8. The van der Waals surface area contributed by atoms with Gasteiger partial charge in [0.2, 0.25) is 10.1 Å². The first-order valence-electron chi connectivity index (χ1n) is 4.00. The van der Waals surface area contributed by atoms with Crippen LogP contribution in [-0.4, -0.2) is 22.8 Å². The summed E-state index contributed by atoms with van der Waals surface area (Å²) in [5.41, 5.74) is 5.25. The molecule has 0 spiro atoms. The van der Waals surface area contributed by atoms with E-state index >= 15 is 0 Å². The molecule has 0 unspecified atom stereocenters. The van der Waals surface area contributed by atoms with Crippen LogP contribution in [0.2, 0.25) is 0 Å². The van der Waals surface area contributed by atoms with Crippen molar-refractivity contribution in [3.05, 3.63) is 5.01 Å². The molecule has 1 rings (SSSR count). The molecule has 0 aliphatic rings. The third-order valence-corrected chi connectivity index (χ3v) is 1.62. The van der Waals surface area contributed by atoms with Gasteiger partial charge in [0.05, 0.1) is 6.61 Å². The minimum Gasteiger partial charge on any atom is -0.461 e. The van der Waals surface area contributed by atoms with Gasteiger partial charge in [0.1, 0.15) is 0 Å². The molecule has 0 radical (unpaired) electrons. The lowest BCUT2D eigenvalue weighted by atomic mass is 10.7. The van der Waals surface area contributed by atoms with Crippen LogP contribution in [0.3, 0.4) is 0 Å². The van der Waals surface area contributed by atoms with E-state index < -0.39 is 5.97 Å². The van der Waals surface area contributed by atoms with Crippen molar-refractivity contribution in [1.82, 2.24) is 10.2 Å². The summed E-state index contributed by atoms with van der Waals surface area (Å²) in [6, 6.07) is 0. The third kappa shape index (κ3) is 3.84. The van der Waals surface area contributed by atoms with E-state index in [1.165, 1.54) is 0 Å². The lowest BCUT2D eigenvalue weighted by Crippen LogP contribution is -2.03. The van der Waals surface area contributed by atoms with Crippen LogP contribution in [0.25, 0.3) is 0 Å². The number of ether oxygens (including phenoxy) is 1. The topological polar surface area (TPSA) is 78.1 Å². The van der Waals surface area contributed by atoms with Crippen molar-refractivity contribution in [2.24, 2.45) is 0 Å². The Labute approximate surface area is 80.9 Å². The van der Waals surface area contributed by atoms with E-state index in [9.17, 15) is 4.79 Å². The Balaban J connectivity index is 0.000000671. The van der Waals surface area contributed by atoms with Crippen molar-refractivity contribution in [2.45, 2.75) is 20.8 Å². The first-order valence-corrected chi connectivity index (χ1v) is 4.81. The molecule has 13 heavy (non-hydrogen) atoms. The molecule has 0 atom stereocenters. The molecule has 1 aromatic rings. The number of nitrogen functional groups attached to an aromatic ring is 1. The Bertz CT molecular complexity index is 262. The van der Waals surface area contributed by atoms with Gasteiger partial charge in [-0.2, -0.15) is 0 Å². The molecule has 6 heteroatoms. The van der Waals surface area contributed by atoms with E-state index in [0.29, 0.717) is 6.61 Å². The highest BCUT2D eigenvalue weighted by molar-refractivity contribution is 7.16. The van der Waals surface area contributed by atoms with Gasteiger partial charge in [-0.15, -0.1) is 10.2 Å². The van der Waals surface area contributed by atoms with E-state index in [2.05, 4.69) is 14.9 Å². The van der Waals surface area contributed by atoms with Gasteiger partial charge in [-0.1, -0.05) is 25.2 Å². The second kappa shape index (κ2) is 6.36. The molecule has 1 aromatic heterocycles. The fraction of sp³-hybridized carbons (Fsp3) is 0.571. The zero-order valence-corrected chi connectivity index (χ0v) is 8.72. The van der Waals surface area contributed by atoms with Gasteiger partial charge in [-0.3, -0.25) is 0 Å². The molecule has 1 heterocycles. The van der Waals surface area contributed by atoms with Crippen molar-refractivity contribution in [1.29, 1.82) is 0 Å². The number of anilines is 1. The van der Waals surface area contributed by atoms with Gasteiger partial charge in [-0.25, -0.2) is 4.79 Å². The fourth-order valence-corrected chi connectivity index (χ4v) is 1.01. The van der Waals surface area contributed by atoms with Gasteiger partial charge in [-0.05, 0) is 6.92 Å². The summed E-state index contributed by atoms with van der Waals surface area (Å²) in [5.74, 6) is -0.471. The van der Waals surface area contributed by atoms with E-state index in [0.717, 1.165) is 11.3 Å². The lowest BCUT2D eigenvalue weighted by Gasteiger charge is -1.93. The summed E-state index contributed by atoms with van der Waals surface area (Å²) in [6.45, 7) is 6.06. The predicted molar refractivity (Wildman–Crippen MR) is 51.6 cm³/mol. The van der Waals surface area contributed by atoms with Crippen LogP contribution in [0.5, 0.6) is 0 Å². The van der Waals surface area contributed by atoms with Crippen molar-refractivity contribution in [2.75, 3.05) is 12.3 Å². The minimum atomic E-state index is -0.471. The number of carbonyl (C=O) groups is 1. The van der Waals surface area contributed by atoms with Gasteiger partial charge >= 0.3 is 5.97 Å². The highest BCUT2D eigenvalue weighted by Gasteiger charge is 2.11. The molecule has 0 amide bonds. The Morgan fingerprint density at radius 1 is 1.54 bits per heavy atom. The number of hydrogen-bond acceptors (Lipinski definition) is 6. The number of hydrogen-bond donors (Lipinski definition) is 1. The molecule has 0 bridgehead atoms. The zero-order valence-electron chi connectivity index (χ0n) is 7.90. The standard InChI is InChI=1S/C5H7N3O2S.C2H6/c1-2-10-4(9)3-7-8-5(6)11-3;1-2/h2H2,1H3,(H2,6,8);1-2H3. The van der Waals surface area contributed by atoms with E-state index in [1.807, 2.05) is 13.8 Å². The third-order valence-electron chi connectivity index (χ3n) is 0.891. The highest BCUT2D eigenvalue weighted by Crippen LogP contribution is 2.11. The number of nitrogens with zero attached hydrogens (tertiary/aromatic N) is 2. The maximum Gasteiger partial charge on any atom is 0.369 e. The Morgan fingerprint density at radius 2 is 2.15 bits per heavy atom. The highest BCUT2D eigenvalue weighted by atomic mass is 32.1. The molecule has 5 nitrogen and oxygen atoms in total. The Morgan fingerprint density at radius 3 is 2.54 bits per heavy atom. The van der Waals surface area contributed by atoms with E-state index in [1.54, 1.807) is 6.92 Å². The molecule has 2 N–H and O–H groups in total.